The van der Waals surface area contributed by atoms with Crippen molar-refractivity contribution in [2.75, 3.05) is 0 Å². The van der Waals surface area contributed by atoms with E-state index in [1.165, 1.54) is 13.0 Å². The third-order valence-electron chi connectivity index (χ3n) is 2.20. The van der Waals surface area contributed by atoms with Crippen LogP contribution in [0.1, 0.15) is 24.1 Å². The van der Waals surface area contributed by atoms with Gasteiger partial charge in [0.15, 0.2) is 0 Å². The van der Waals surface area contributed by atoms with Crippen molar-refractivity contribution >= 4 is 11.6 Å². The first-order chi connectivity index (χ1) is 7.23. The summed E-state index contributed by atoms with van der Waals surface area (Å²) in [6.45, 7) is 1.41. The lowest BCUT2D eigenvalue weighted by atomic mass is 10.0. The van der Waals surface area contributed by atoms with Crippen LogP contribution in [0.5, 0.6) is 0 Å². The Kier molecular flexibility index (Phi) is 3.83. The van der Waals surface area contributed by atoms with Gasteiger partial charge >= 0.3 is 6.18 Å². The second-order valence-corrected chi connectivity index (χ2v) is 3.91. The minimum absolute atomic E-state index is 0.201. The topological polar surface area (TPSA) is 46.2 Å². The molecule has 0 bridgehead atoms. The second kappa shape index (κ2) is 4.61. The van der Waals surface area contributed by atoms with Gasteiger partial charge in [0.05, 0.1) is 22.7 Å². The van der Waals surface area contributed by atoms with Gasteiger partial charge in [0, 0.05) is 0 Å². The standard InChI is InChI=1S/C10H11ClF3NO/c1-5(16)9(15)6-2-3-8(11)7(4-6)10(12,13)14/h2-5,9,16H,15H2,1H3/t5-,9-/m1/s1. The van der Waals surface area contributed by atoms with Gasteiger partial charge in [0.25, 0.3) is 0 Å². The maximum Gasteiger partial charge on any atom is 0.417 e. The zero-order valence-electron chi connectivity index (χ0n) is 8.42. The van der Waals surface area contributed by atoms with Crippen molar-refractivity contribution in [2.45, 2.75) is 25.2 Å². The Morgan fingerprint density at radius 2 is 1.94 bits per heavy atom. The third-order valence-corrected chi connectivity index (χ3v) is 2.53. The highest BCUT2D eigenvalue weighted by molar-refractivity contribution is 6.31. The van der Waals surface area contributed by atoms with Gasteiger partial charge in [-0.3, -0.25) is 0 Å². The van der Waals surface area contributed by atoms with Gasteiger partial charge in [-0.2, -0.15) is 13.2 Å². The number of aliphatic hydroxyl groups is 1. The fourth-order valence-corrected chi connectivity index (χ4v) is 1.47. The van der Waals surface area contributed by atoms with Crippen molar-refractivity contribution in [3.05, 3.63) is 34.3 Å². The van der Waals surface area contributed by atoms with Crippen molar-refractivity contribution in [1.82, 2.24) is 0 Å². The molecule has 16 heavy (non-hydrogen) atoms. The average molecular weight is 254 g/mol. The van der Waals surface area contributed by atoms with Crippen molar-refractivity contribution in [2.24, 2.45) is 5.73 Å². The summed E-state index contributed by atoms with van der Waals surface area (Å²) in [6, 6.07) is 2.50. The van der Waals surface area contributed by atoms with E-state index in [0.29, 0.717) is 0 Å². The monoisotopic (exact) mass is 253 g/mol. The van der Waals surface area contributed by atoms with E-state index in [9.17, 15) is 18.3 Å². The minimum Gasteiger partial charge on any atom is -0.391 e. The molecular formula is C10H11ClF3NO. The number of alkyl halides is 3. The second-order valence-electron chi connectivity index (χ2n) is 3.50. The van der Waals surface area contributed by atoms with E-state index in [1.807, 2.05) is 0 Å². The Morgan fingerprint density at radius 3 is 2.38 bits per heavy atom. The molecule has 0 saturated heterocycles. The maximum absolute atomic E-state index is 12.5. The molecule has 0 spiro atoms. The Morgan fingerprint density at radius 1 is 1.38 bits per heavy atom. The SMILES string of the molecule is C[C@@H](O)[C@@H](N)c1ccc(Cl)c(C(F)(F)F)c1. The lowest BCUT2D eigenvalue weighted by Gasteiger charge is -2.17. The smallest absolute Gasteiger partial charge is 0.391 e. The number of nitrogens with two attached hydrogens (primary N) is 1. The molecule has 0 aromatic heterocycles. The van der Waals surface area contributed by atoms with Crippen LogP contribution in [0.4, 0.5) is 13.2 Å². The van der Waals surface area contributed by atoms with E-state index in [1.54, 1.807) is 0 Å². The van der Waals surface area contributed by atoms with Crippen molar-refractivity contribution in [1.29, 1.82) is 0 Å². The summed E-state index contributed by atoms with van der Waals surface area (Å²) < 4.78 is 37.5. The maximum atomic E-state index is 12.5. The van der Waals surface area contributed by atoms with Crippen LogP contribution in [0.15, 0.2) is 18.2 Å². The van der Waals surface area contributed by atoms with Gasteiger partial charge in [-0.1, -0.05) is 17.7 Å². The fraction of sp³-hybridized carbons (Fsp3) is 0.400. The van der Waals surface area contributed by atoms with Gasteiger partial charge < -0.3 is 10.8 Å². The van der Waals surface area contributed by atoms with Crippen molar-refractivity contribution < 1.29 is 18.3 Å². The summed E-state index contributed by atoms with van der Waals surface area (Å²) >= 11 is 5.44. The van der Waals surface area contributed by atoms with Gasteiger partial charge in [0.1, 0.15) is 0 Å². The predicted molar refractivity (Wildman–Crippen MR) is 55.1 cm³/mol. The van der Waals surface area contributed by atoms with Gasteiger partial charge in [-0.15, -0.1) is 0 Å². The number of benzene rings is 1. The third kappa shape index (κ3) is 2.87. The summed E-state index contributed by atoms with van der Waals surface area (Å²) in [5.74, 6) is 0. The molecule has 1 aromatic carbocycles. The predicted octanol–water partition coefficient (Wildman–Crippen LogP) is 2.74. The molecule has 0 aliphatic carbocycles. The normalized spacial score (nSPS) is 15.9. The van der Waals surface area contributed by atoms with Crippen molar-refractivity contribution in [3.8, 4) is 0 Å². The number of halogens is 4. The first-order valence-corrected chi connectivity index (χ1v) is 4.91. The summed E-state index contributed by atoms with van der Waals surface area (Å²) in [6.07, 6.45) is -5.45. The van der Waals surface area contributed by atoms with Crippen LogP contribution in [0.25, 0.3) is 0 Å². The average Bonchev–Trinajstić information content (AvgIpc) is 2.15. The Labute approximate surface area is 95.8 Å². The van der Waals surface area contributed by atoms with Crippen LogP contribution in [0, 0.1) is 0 Å². The Hall–Kier alpha value is -0.780. The molecule has 0 aliphatic heterocycles. The van der Waals surface area contributed by atoms with Crippen LogP contribution in [-0.4, -0.2) is 11.2 Å². The highest BCUT2D eigenvalue weighted by Crippen LogP contribution is 2.36. The lowest BCUT2D eigenvalue weighted by molar-refractivity contribution is -0.137. The van der Waals surface area contributed by atoms with E-state index in [0.717, 1.165) is 12.1 Å². The number of hydrogen-bond acceptors (Lipinski definition) is 2. The van der Waals surface area contributed by atoms with Gasteiger partial charge in [-0.25, -0.2) is 0 Å². The summed E-state index contributed by atoms with van der Waals surface area (Å²) in [5.41, 5.74) is 4.80. The van der Waals surface area contributed by atoms with Gasteiger partial charge in [0.2, 0.25) is 0 Å². The van der Waals surface area contributed by atoms with Crippen LogP contribution >= 0.6 is 11.6 Å². The zero-order chi connectivity index (χ0) is 12.5. The Bertz CT molecular complexity index is 379. The fourth-order valence-electron chi connectivity index (χ4n) is 1.25. The van der Waals surface area contributed by atoms with E-state index in [4.69, 9.17) is 17.3 Å². The molecule has 3 N–H and O–H groups in total. The van der Waals surface area contributed by atoms with E-state index < -0.39 is 23.9 Å². The van der Waals surface area contributed by atoms with Gasteiger partial charge in [-0.05, 0) is 24.6 Å². The molecule has 2 atom stereocenters. The lowest BCUT2D eigenvalue weighted by Crippen LogP contribution is -2.23. The van der Waals surface area contributed by atoms with Crippen LogP contribution < -0.4 is 5.73 Å². The summed E-state index contributed by atoms with van der Waals surface area (Å²) in [5, 5.41) is 8.82. The van der Waals surface area contributed by atoms with Crippen LogP contribution in [0.3, 0.4) is 0 Å². The highest BCUT2D eigenvalue weighted by Gasteiger charge is 2.33. The molecule has 0 amide bonds. The molecule has 0 radical (unpaired) electrons. The molecule has 0 heterocycles. The highest BCUT2D eigenvalue weighted by atomic mass is 35.5. The number of rotatable bonds is 2. The first kappa shape index (κ1) is 13.3. The molecule has 0 unspecified atom stereocenters. The van der Waals surface area contributed by atoms with E-state index in [-0.39, 0.29) is 10.6 Å². The molecule has 1 rings (SSSR count). The molecule has 90 valence electrons. The first-order valence-electron chi connectivity index (χ1n) is 4.53. The molecule has 0 fully saturated rings. The summed E-state index contributed by atoms with van der Waals surface area (Å²) in [4.78, 5) is 0. The number of hydrogen-bond donors (Lipinski definition) is 2. The summed E-state index contributed by atoms with van der Waals surface area (Å²) in [7, 11) is 0. The quantitative estimate of drug-likeness (QED) is 0.851. The Balaban J connectivity index is 3.18. The minimum atomic E-state index is -4.52. The zero-order valence-corrected chi connectivity index (χ0v) is 9.18. The van der Waals surface area contributed by atoms with Crippen LogP contribution in [-0.2, 0) is 6.18 Å². The van der Waals surface area contributed by atoms with E-state index >= 15 is 0 Å². The van der Waals surface area contributed by atoms with E-state index in [2.05, 4.69) is 0 Å². The van der Waals surface area contributed by atoms with Crippen LogP contribution in [0.2, 0.25) is 5.02 Å². The largest absolute Gasteiger partial charge is 0.417 e. The van der Waals surface area contributed by atoms with Crippen molar-refractivity contribution in [3.63, 3.8) is 0 Å². The molecular weight excluding hydrogens is 243 g/mol. The molecule has 0 saturated carbocycles. The molecule has 2 nitrogen and oxygen atoms in total. The molecule has 0 aliphatic rings. The molecule has 6 heteroatoms. The molecule has 1 aromatic rings. The number of aliphatic hydroxyl groups excluding tert-OH is 1.